The number of aromatic hydroxyl groups is 2. The molecule has 1 rings (SSSR count). The first-order valence-corrected chi connectivity index (χ1v) is 12.5. The molecule has 4 nitrogen and oxygen atoms in total. The lowest BCUT2D eigenvalue weighted by Gasteiger charge is -2.04. The van der Waals surface area contributed by atoms with Gasteiger partial charge in [-0.1, -0.05) is 109 Å². The molecule has 176 valence electrons. The molecule has 0 unspecified atom stereocenters. The third kappa shape index (κ3) is 15.5. The fourth-order valence-electron chi connectivity index (χ4n) is 3.68. The van der Waals surface area contributed by atoms with E-state index < -0.39 is 0 Å². The van der Waals surface area contributed by atoms with E-state index in [1.165, 1.54) is 108 Å². The third-order valence-corrected chi connectivity index (χ3v) is 5.65. The van der Waals surface area contributed by atoms with Crippen LogP contribution in [0.25, 0.3) is 6.08 Å². The van der Waals surface area contributed by atoms with E-state index in [0.29, 0.717) is 12.2 Å². The zero-order chi connectivity index (χ0) is 22.6. The molecule has 0 radical (unpaired) electrons. The Kier molecular flexibility index (Phi) is 16.4. The van der Waals surface area contributed by atoms with E-state index in [4.69, 9.17) is 4.74 Å². The monoisotopic (exact) mass is 432 g/mol. The van der Waals surface area contributed by atoms with Gasteiger partial charge in [0, 0.05) is 6.08 Å². The molecule has 0 spiro atoms. The van der Waals surface area contributed by atoms with Crippen LogP contribution in [0.3, 0.4) is 0 Å². The van der Waals surface area contributed by atoms with E-state index in [0.717, 1.165) is 12.8 Å². The van der Waals surface area contributed by atoms with Gasteiger partial charge in [0.25, 0.3) is 0 Å². The summed E-state index contributed by atoms with van der Waals surface area (Å²) in [5.74, 6) is -0.763. The van der Waals surface area contributed by atoms with Crippen LogP contribution in [0.15, 0.2) is 24.3 Å². The predicted molar refractivity (Wildman–Crippen MR) is 129 cm³/mol. The Bertz CT molecular complexity index is 609. The van der Waals surface area contributed by atoms with Crippen LogP contribution in [-0.4, -0.2) is 22.8 Å². The summed E-state index contributed by atoms with van der Waals surface area (Å²) in [6, 6.07) is 4.40. The minimum atomic E-state index is -0.381. The standard InChI is InChI=1S/C27H44O4/c1-2-3-4-5-6-7-8-9-10-11-12-13-14-15-16-17-22-31-27(30)21-19-24-18-20-25(28)26(29)23-24/h18-21,23,28-29H,2-17,22H2,1H3/b21-19-. The maximum absolute atomic E-state index is 11.7. The van der Waals surface area contributed by atoms with Gasteiger partial charge in [0.05, 0.1) is 6.61 Å². The molecule has 0 amide bonds. The molecule has 0 saturated heterocycles. The number of carbonyl (C=O) groups is 1. The fourth-order valence-corrected chi connectivity index (χ4v) is 3.68. The number of phenolic OH excluding ortho intramolecular Hbond substituents is 2. The molecule has 0 atom stereocenters. The van der Waals surface area contributed by atoms with Gasteiger partial charge in [-0.3, -0.25) is 0 Å². The van der Waals surface area contributed by atoms with Gasteiger partial charge in [-0.2, -0.15) is 0 Å². The lowest BCUT2D eigenvalue weighted by Crippen LogP contribution is -2.02. The second kappa shape index (κ2) is 18.8. The molecule has 0 heterocycles. The van der Waals surface area contributed by atoms with E-state index in [-0.39, 0.29) is 17.5 Å². The van der Waals surface area contributed by atoms with E-state index in [1.807, 2.05) is 0 Å². The van der Waals surface area contributed by atoms with Crippen LogP contribution in [0.2, 0.25) is 0 Å². The SMILES string of the molecule is CCCCCCCCCCCCCCCCCCOC(=O)/C=C\c1ccc(O)c(O)c1. The van der Waals surface area contributed by atoms with Gasteiger partial charge in [0.1, 0.15) is 0 Å². The largest absolute Gasteiger partial charge is 0.504 e. The van der Waals surface area contributed by atoms with Crippen molar-refractivity contribution < 1.29 is 19.7 Å². The summed E-state index contributed by atoms with van der Waals surface area (Å²) in [6.45, 7) is 2.72. The van der Waals surface area contributed by atoms with Crippen LogP contribution in [0.4, 0.5) is 0 Å². The zero-order valence-electron chi connectivity index (χ0n) is 19.6. The van der Waals surface area contributed by atoms with Crippen molar-refractivity contribution in [1.29, 1.82) is 0 Å². The quantitative estimate of drug-likeness (QED) is 0.101. The van der Waals surface area contributed by atoms with E-state index in [1.54, 1.807) is 12.1 Å². The van der Waals surface area contributed by atoms with Gasteiger partial charge in [0.2, 0.25) is 0 Å². The molecule has 0 aliphatic heterocycles. The van der Waals surface area contributed by atoms with Gasteiger partial charge >= 0.3 is 5.97 Å². The number of phenols is 2. The summed E-state index contributed by atoms with van der Waals surface area (Å²) in [7, 11) is 0. The average Bonchev–Trinajstić information content (AvgIpc) is 2.76. The summed E-state index contributed by atoms with van der Waals surface area (Å²) in [6.07, 6.45) is 24.1. The number of hydrogen-bond donors (Lipinski definition) is 2. The second-order valence-corrected chi connectivity index (χ2v) is 8.55. The fraction of sp³-hybridized carbons (Fsp3) is 0.667. The van der Waals surface area contributed by atoms with Crippen molar-refractivity contribution >= 4 is 12.0 Å². The lowest BCUT2D eigenvalue weighted by atomic mass is 10.0. The van der Waals surface area contributed by atoms with Gasteiger partial charge < -0.3 is 14.9 Å². The smallest absolute Gasteiger partial charge is 0.330 e. The maximum Gasteiger partial charge on any atom is 0.330 e. The molecule has 0 saturated carbocycles. The highest BCUT2D eigenvalue weighted by atomic mass is 16.5. The van der Waals surface area contributed by atoms with Crippen LogP contribution < -0.4 is 0 Å². The van der Waals surface area contributed by atoms with Crippen molar-refractivity contribution in [3.8, 4) is 11.5 Å². The average molecular weight is 433 g/mol. The van der Waals surface area contributed by atoms with Crippen LogP contribution in [0, 0.1) is 0 Å². The molecule has 0 aliphatic rings. The van der Waals surface area contributed by atoms with Gasteiger partial charge in [0.15, 0.2) is 11.5 Å². The number of unbranched alkanes of at least 4 members (excludes halogenated alkanes) is 15. The van der Waals surface area contributed by atoms with Crippen molar-refractivity contribution in [2.24, 2.45) is 0 Å². The van der Waals surface area contributed by atoms with Crippen molar-refractivity contribution in [2.75, 3.05) is 6.61 Å². The Balaban J connectivity index is 1.85. The number of esters is 1. The summed E-state index contributed by atoms with van der Waals surface area (Å²) in [5.41, 5.74) is 0.634. The molecular weight excluding hydrogens is 388 g/mol. The molecule has 0 aromatic heterocycles. The number of ether oxygens (including phenoxy) is 1. The first-order valence-electron chi connectivity index (χ1n) is 12.5. The van der Waals surface area contributed by atoms with Crippen LogP contribution >= 0.6 is 0 Å². The first kappa shape index (κ1) is 27.1. The van der Waals surface area contributed by atoms with Gasteiger partial charge in [-0.25, -0.2) is 4.79 Å². The van der Waals surface area contributed by atoms with Crippen molar-refractivity contribution in [2.45, 2.75) is 110 Å². The predicted octanol–water partition coefficient (Wildman–Crippen LogP) is 7.92. The van der Waals surface area contributed by atoms with Crippen LogP contribution in [0.5, 0.6) is 11.5 Å². The summed E-state index contributed by atoms with van der Waals surface area (Å²) < 4.78 is 5.20. The van der Waals surface area contributed by atoms with E-state index in [9.17, 15) is 15.0 Å². The molecule has 2 N–H and O–H groups in total. The summed E-state index contributed by atoms with van der Waals surface area (Å²) in [4.78, 5) is 11.7. The topological polar surface area (TPSA) is 66.8 Å². The highest BCUT2D eigenvalue weighted by molar-refractivity contribution is 5.87. The lowest BCUT2D eigenvalue weighted by molar-refractivity contribution is -0.137. The number of benzene rings is 1. The second-order valence-electron chi connectivity index (χ2n) is 8.55. The summed E-state index contributed by atoms with van der Waals surface area (Å²) >= 11 is 0. The van der Waals surface area contributed by atoms with Crippen LogP contribution in [0.1, 0.15) is 115 Å². The minimum Gasteiger partial charge on any atom is -0.504 e. The number of carbonyl (C=O) groups excluding carboxylic acids is 1. The molecule has 1 aromatic rings. The summed E-state index contributed by atoms with van der Waals surface area (Å²) in [5, 5.41) is 18.7. The highest BCUT2D eigenvalue weighted by Gasteiger charge is 2.01. The Morgan fingerprint density at radius 2 is 1.23 bits per heavy atom. The first-order chi connectivity index (χ1) is 15.1. The Labute approximate surface area is 189 Å². The molecule has 31 heavy (non-hydrogen) atoms. The van der Waals surface area contributed by atoms with Gasteiger partial charge in [-0.15, -0.1) is 0 Å². The molecule has 4 heteroatoms. The molecule has 1 aromatic carbocycles. The normalized spacial score (nSPS) is 11.3. The van der Waals surface area contributed by atoms with Crippen molar-refractivity contribution in [3.05, 3.63) is 29.8 Å². The zero-order valence-corrected chi connectivity index (χ0v) is 19.6. The minimum absolute atomic E-state index is 0.178. The highest BCUT2D eigenvalue weighted by Crippen LogP contribution is 2.25. The Morgan fingerprint density at radius 3 is 1.71 bits per heavy atom. The van der Waals surface area contributed by atoms with E-state index in [2.05, 4.69) is 6.92 Å². The van der Waals surface area contributed by atoms with Crippen molar-refractivity contribution in [3.63, 3.8) is 0 Å². The molecule has 0 aliphatic carbocycles. The number of hydrogen-bond acceptors (Lipinski definition) is 4. The van der Waals surface area contributed by atoms with Gasteiger partial charge in [-0.05, 0) is 30.2 Å². The Hall–Kier alpha value is -1.97. The van der Waals surface area contributed by atoms with Crippen molar-refractivity contribution in [1.82, 2.24) is 0 Å². The molecule has 0 fully saturated rings. The van der Waals surface area contributed by atoms with Crippen LogP contribution in [-0.2, 0) is 9.53 Å². The molecule has 0 bridgehead atoms. The number of rotatable bonds is 19. The Morgan fingerprint density at radius 1 is 0.742 bits per heavy atom. The third-order valence-electron chi connectivity index (χ3n) is 5.65. The maximum atomic E-state index is 11.7. The van der Waals surface area contributed by atoms with E-state index >= 15 is 0 Å². The molecular formula is C27H44O4.